The summed E-state index contributed by atoms with van der Waals surface area (Å²) in [5.74, 6) is -0.925. The summed E-state index contributed by atoms with van der Waals surface area (Å²) >= 11 is 1.41. The molecule has 3 aromatic carbocycles. The van der Waals surface area contributed by atoms with Crippen LogP contribution in [-0.2, 0) is 21.4 Å². The quantitative estimate of drug-likeness (QED) is 0.406. The Kier molecular flexibility index (Phi) is 6.55. The number of amides is 1. The first kappa shape index (κ1) is 23.0. The molecular formula is C24H22FN3O3S2. The second-order valence-corrected chi connectivity index (χ2v) is 10.8. The zero-order valence-electron chi connectivity index (χ0n) is 18.1. The van der Waals surface area contributed by atoms with Gasteiger partial charge in [0, 0.05) is 12.2 Å². The zero-order valence-corrected chi connectivity index (χ0v) is 19.7. The highest BCUT2D eigenvalue weighted by molar-refractivity contribution is 7.89. The Balaban J connectivity index is 1.65. The molecule has 1 aromatic heterocycles. The number of fused-ring (bicyclic) bond motifs is 1. The van der Waals surface area contributed by atoms with Crippen molar-refractivity contribution in [3.8, 4) is 0 Å². The van der Waals surface area contributed by atoms with Gasteiger partial charge in [-0.1, -0.05) is 30.3 Å². The summed E-state index contributed by atoms with van der Waals surface area (Å²) in [6, 6.07) is 17.9. The summed E-state index contributed by atoms with van der Waals surface area (Å²) in [5.41, 5.74) is 2.46. The summed E-state index contributed by atoms with van der Waals surface area (Å²) < 4.78 is 42.4. The van der Waals surface area contributed by atoms with Crippen molar-refractivity contribution in [2.24, 2.45) is 0 Å². The van der Waals surface area contributed by atoms with Crippen molar-refractivity contribution in [1.29, 1.82) is 0 Å². The molecule has 0 aliphatic carbocycles. The molecular weight excluding hydrogens is 461 g/mol. The first-order chi connectivity index (χ1) is 15.7. The van der Waals surface area contributed by atoms with Gasteiger partial charge in [-0.15, -0.1) is 11.3 Å². The van der Waals surface area contributed by atoms with Gasteiger partial charge in [0.05, 0.1) is 26.7 Å². The van der Waals surface area contributed by atoms with Crippen LogP contribution in [0.4, 0.5) is 10.1 Å². The van der Waals surface area contributed by atoms with Gasteiger partial charge in [-0.3, -0.25) is 4.79 Å². The second-order valence-electron chi connectivity index (χ2n) is 7.63. The second kappa shape index (κ2) is 9.38. The highest BCUT2D eigenvalue weighted by Crippen LogP contribution is 2.27. The number of rotatable bonds is 7. The molecule has 6 nitrogen and oxygen atoms in total. The molecule has 33 heavy (non-hydrogen) atoms. The van der Waals surface area contributed by atoms with E-state index in [0.717, 1.165) is 25.1 Å². The molecule has 170 valence electrons. The maximum absolute atomic E-state index is 13.6. The zero-order chi connectivity index (χ0) is 23.6. The third-order valence-electron chi connectivity index (χ3n) is 5.09. The molecule has 0 atom stereocenters. The predicted octanol–water partition coefficient (Wildman–Crippen LogP) is 4.88. The molecule has 0 saturated heterocycles. The average Bonchev–Trinajstić information content (AvgIpc) is 3.15. The van der Waals surface area contributed by atoms with Crippen LogP contribution in [0, 0.1) is 19.7 Å². The van der Waals surface area contributed by atoms with Gasteiger partial charge in [-0.05, 0) is 61.4 Å². The molecule has 4 aromatic rings. The minimum absolute atomic E-state index is 0.0265. The molecule has 0 spiro atoms. The van der Waals surface area contributed by atoms with Crippen LogP contribution >= 0.6 is 11.3 Å². The van der Waals surface area contributed by atoms with E-state index in [0.29, 0.717) is 11.3 Å². The van der Waals surface area contributed by atoms with Crippen molar-refractivity contribution in [1.82, 2.24) is 9.29 Å². The van der Waals surface area contributed by atoms with Gasteiger partial charge in [0.1, 0.15) is 5.82 Å². The van der Waals surface area contributed by atoms with Crippen LogP contribution < -0.4 is 5.32 Å². The molecule has 0 unspecified atom stereocenters. The van der Waals surface area contributed by atoms with Crippen LogP contribution in [0.1, 0.15) is 16.1 Å². The topological polar surface area (TPSA) is 79.4 Å². The lowest BCUT2D eigenvalue weighted by Crippen LogP contribution is -2.37. The Morgan fingerprint density at radius 1 is 1.06 bits per heavy atom. The van der Waals surface area contributed by atoms with Crippen molar-refractivity contribution in [2.75, 3.05) is 11.9 Å². The Labute approximate surface area is 195 Å². The van der Waals surface area contributed by atoms with Crippen LogP contribution in [0.2, 0.25) is 0 Å². The Morgan fingerprint density at radius 2 is 1.82 bits per heavy atom. The summed E-state index contributed by atoms with van der Waals surface area (Å²) in [7, 11) is -3.99. The van der Waals surface area contributed by atoms with Crippen molar-refractivity contribution >= 4 is 43.2 Å². The summed E-state index contributed by atoms with van der Waals surface area (Å²) in [5, 5.41) is 3.53. The molecule has 4 rings (SSSR count). The van der Waals surface area contributed by atoms with E-state index in [2.05, 4.69) is 10.3 Å². The lowest BCUT2D eigenvalue weighted by atomic mass is 10.2. The lowest BCUT2D eigenvalue weighted by Gasteiger charge is -2.22. The van der Waals surface area contributed by atoms with Crippen molar-refractivity contribution in [3.63, 3.8) is 0 Å². The monoisotopic (exact) mass is 483 g/mol. The van der Waals surface area contributed by atoms with E-state index in [9.17, 15) is 17.6 Å². The van der Waals surface area contributed by atoms with E-state index in [1.54, 1.807) is 31.2 Å². The van der Waals surface area contributed by atoms with Crippen LogP contribution in [0.3, 0.4) is 0 Å². The predicted molar refractivity (Wildman–Crippen MR) is 128 cm³/mol. The minimum Gasteiger partial charge on any atom is -0.325 e. The number of halogens is 1. The standard InChI is InChI=1S/C24H22FN3O3S2/c1-16-12-19(25)8-10-21(16)27-24(29)15-28(14-18-6-4-3-5-7-18)33(30,31)20-9-11-22-23(13-20)32-17(2)26-22/h3-13H,14-15H2,1-2H3,(H,27,29). The van der Waals surface area contributed by atoms with Gasteiger partial charge in [0.15, 0.2) is 0 Å². The number of hydrogen-bond acceptors (Lipinski definition) is 5. The van der Waals surface area contributed by atoms with Gasteiger partial charge < -0.3 is 5.32 Å². The number of sulfonamides is 1. The van der Waals surface area contributed by atoms with Crippen LogP contribution in [-0.4, -0.2) is 30.2 Å². The maximum atomic E-state index is 13.6. The molecule has 1 N–H and O–H groups in total. The van der Waals surface area contributed by atoms with E-state index in [1.165, 1.54) is 35.6 Å². The number of carbonyl (C=O) groups excluding carboxylic acids is 1. The number of aryl methyl sites for hydroxylation is 2. The van der Waals surface area contributed by atoms with Crippen molar-refractivity contribution in [3.05, 3.63) is 88.7 Å². The summed E-state index contributed by atoms with van der Waals surface area (Å²) in [4.78, 5) is 17.3. The first-order valence-electron chi connectivity index (χ1n) is 10.2. The first-order valence-corrected chi connectivity index (χ1v) is 12.5. The van der Waals surface area contributed by atoms with Gasteiger partial charge in [0.2, 0.25) is 15.9 Å². The number of nitrogens with one attached hydrogen (secondary N) is 1. The number of benzene rings is 3. The average molecular weight is 484 g/mol. The third-order valence-corrected chi connectivity index (χ3v) is 7.81. The molecule has 1 amide bonds. The Bertz CT molecular complexity index is 1420. The Hall–Kier alpha value is -3.14. The molecule has 0 bridgehead atoms. The third kappa shape index (κ3) is 5.27. The molecule has 0 aliphatic rings. The molecule has 0 saturated carbocycles. The number of hydrogen-bond donors (Lipinski definition) is 1. The van der Waals surface area contributed by atoms with Crippen LogP contribution in [0.25, 0.3) is 10.2 Å². The lowest BCUT2D eigenvalue weighted by molar-refractivity contribution is -0.116. The van der Waals surface area contributed by atoms with Crippen LogP contribution in [0.15, 0.2) is 71.6 Å². The number of aromatic nitrogens is 1. The SMILES string of the molecule is Cc1nc2ccc(S(=O)(=O)N(CC(=O)Nc3ccc(F)cc3C)Cc3ccccc3)cc2s1. The minimum atomic E-state index is -3.99. The van der Waals surface area contributed by atoms with E-state index >= 15 is 0 Å². The molecule has 0 fully saturated rings. The number of nitrogens with zero attached hydrogens (tertiary/aromatic N) is 2. The molecule has 1 heterocycles. The fourth-order valence-electron chi connectivity index (χ4n) is 3.46. The van der Waals surface area contributed by atoms with E-state index in [1.807, 2.05) is 25.1 Å². The van der Waals surface area contributed by atoms with E-state index in [4.69, 9.17) is 0 Å². The fourth-order valence-corrected chi connectivity index (χ4v) is 5.81. The molecule has 0 radical (unpaired) electrons. The van der Waals surface area contributed by atoms with Crippen molar-refractivity contribution in [2.45, 2.75) is 25.3 Å². The maximum Gasteiger partial charge on any atom is 0.243 e. The smallest absolute Gasteiger partial charge is 0.243 e. The summed E-state index contributed by atoms with van der Waals surface area (Å²) in [6.45, 7) is 3.16. The van der Waals surface area contributed by atoms with Gasteiger partial charge in [0.25, 0.3) is 0 Å². The largest absolute Gasteiger partial charge is 0.325 e. The number of thiazole rings is 1. The van der Waals surface area contributed by atoms with Crippen molar-refractivity contribution < 1.29 is 17.6 Å². The highest BCUT2D eigenvalue weighted by atomic mass is 32.2. The van der Waals surface area contributed by atoms with Gasteiger partial charge >= 0.3 is 0 Å². The van der Waals surface area contributed by atoms with Gasteiger partial charge in [-0.25, -0.2) is 17.8 Å². The van der Waals surface area contributed by atoms with Crippen LogP contribution in [0.5, 0.6) is 0 Å². The van der Waals surface area contributed by atoms with E-state index < -0.39 is 28.3 Å². The molecule has 0 aliphatic heterocycles. The number of carbonyl (C=O) groups is 1. The Morgan fingerprint density at radius 3 is 2.55 bits per heavy atom. The normalized spacial score (nSPS) is 11.8. The number of anilines is 1. The van der Waals surface area contributed by atoms with E-state index in [-0.39, 0.29) is 11.4 Å². The highest BCUT2D eigenvalue weighted by Gasteiger charge is 2.27. The fraction of sp³-hybridized carbons (Fsp3) is 0.167. The molecule has 9 heteroatoms. The summed E-state index contributed by atoms with van der Waals surface area (Å²) in [6.07, 6.45) is 0. The van der Waals surface area contributed by atoms with Gasteiger partial charge in [-0.2, -0.15) is 4.31 Å².